The second-order valence-corrected chi connectivity index (χ2v) is 8.34. The lowest BCUT2D eigenvalue weighted by atomic mass is 10.0. The zero-order valence-corrected chi connectivity index (χ0v) is 18.7. The molecule has 0 radical (unpaired) electrons. The summed E-state index contributed by atoms with van der Waals surface area (Å²) < 4.78 is 5.98. The molecular formula is C25H26N6O2. The van der Waals surface area contributed by atoms with Crippen molar-refractivity contribution in [3.63, 3.8) is 0 Å². The van der Waals surface area contributed by atoms with E-state index in [1.54, 1.807) is 24.8 Å². The fraction of sp³-hybridized carbons (Fsp3) is 0.280. The lowest BCUT2D eigenvalue weighted by Gasteiger charge is -2.23. The highest BCUT2D eigenvalue weighted by Gasteiger charge is 2.27. The first kappa shape index (κ1) is 21.1. The minimum atomic E-state index is -0.157. The highest BCUT2D eigenvalue weighted by molar-refractivity contribution is 6.32. The van der Waals surface area contributed by atoms with Gasteiger partial charge in [-0.1, -0.05) is 0 Å². The molecule has 0 aromatic carbocycles. The third-order valence-corrected chi connectivity index (χ3v) is 5.98. The lowest BCUT2D eigenvalue weighted by molar-refractivity contribution is -0.110. The first-order valence-corrected chi connectivity index (χ1v) is 11.1. The number of ether oxygens (including phenoxy) is 1. The predicted octanol–water partition coefficient (Wildman–Crippen LogP) is 3.77. The smallest absolute Gasteiger partial charge is 0.258 e. The van der Waals surface area contributed by atoms with Crippen molar-refractivity contribution < 1.29 is 9.53 Å². The van der Waals surface area contributed by atoms with E-state index in [9.17, 15) is 4.79 Å². The molecule has 5 heterocycles. The topological polar surface area (TPSA) is 101 Å². The molecule has 1 fully saturated rings. The van der Waals surface area contributed by atoms with Gasteiger partial charge in [-0.2, -0.15) is 0 Å². The first-order chi connectivity index (χ1) is 16.1. The number of aryl methyl sites for hydroxylation is 1. The van der Waals surface area contributed by atoms with E-state index in [0.29, 0.717) is 17.1 Å². The number of hydrogen-bond acceptors (Lipinski definition) is 7. The van der Waals surface area contributed by atoms with E-state index >= 15 is 0 Å². The van der Waals surface area contributed by atoms with Crippen LogP contribution in [0.15, 0.2) is 54.7 Å². The Morgan fingerprint density at radius 2 is 1.94 bits per heavy atom. The fourth-order valence-corrected chi connectivity index (χ4v) is 4.21. The van der Waals surface area contributed by atoms with Crippen LogP contribution in [-0.4, -0.2) is 40.1 Å². The monoisotopic (exact) mass is 442 g/mol. The van der Waals surface area contributed by atoms with Gasteiger partial charge in [0.15, 0.2) is 0 Å². The van der Waals surface area contributed by atoms with E-state index in [4.69, 9.17) is 4.74 Å². The van der Waals surface area contributed by atoms with Gasteiger partial charge in [-0.15, -0.1) is 0 Å². The van der Waals surface area contributed by atoms with Gasteiger partial charge in [-0.05, 0) is 63.5 Å². The second-order valence-electron chi connectivity index (χ2n) is 8.34. The van der Waals surface area contributed by atoms with Crippen LogP contribution in [-0.2, 0) is 4.79 Å². The molecule has 2 aliphatic rings. The van der Waals surface area contributed by atoms with Gasteiger partial charge in [0, 0.05) is 35.3 Å². The summed E-state index contributed by atoms with van der Waals surface area (Å²) in [5.74, 6) is 0.458. The van der Waals surface area contributed by atoms with Crippen LogP contribution in [0.5, 0.6) is 5.88 Å². The number of allylic oxidation sites excluding steroid dienone is 1. The van der Waals surface area contributed by atoms with Crippen LogP contribution in [0.25, 0.3) is 16.8 Å². The summed E-state index contributed by atoms with van der Waals surface area (Å²) in [7, 11) is 0. The van der Waals surface area contributed by atoms with Crippen molar-refractivity contribution in [1.82, 2.24) is 20.3 Å². The number of hydrogen-bond donors (Lipinski definition) is 3. The molecule has 8 nitrogen and oxygen atoms in total. The number of anilines is 2. The van der Waals surface area contributed by atoms with Gasteiger partial charge >= 0.3 is 0 Å². The molecule has 168 valence electrons. The number of rotatable bonds is 5. The maximum atomic E-state index is 12.8. The van der Waals surface area contributed by atoms with E-state index in [1.807, 2.05) is 38.1 Å². The van der Waals surface area contributed by atoms with Crippen molar-refractivity contribution in [3.8, 4) is 17.1 Å². The number of fused-ring (bicyclic) bond motifs is 1. The van der Waals surface area contributed by atoms with Crippen LogP contribution in [0.1, 0.15) is 30.9 Å². The van der Waals surface area contributed by atoms with Crippen LogP contribution in [0.4, 0.5) is 11.4 Å². The van der Waals surface area contributed by atoms with Crippen molar-refractivity contribution in [1.29, 1.82) is 0 Å². The van der Waals surface area contributed by atoms with Crippen LogP contribution < -0.4 is 20.7 Å². The standard InChI is InChI=1S/C25H26N6O2/c1-15-5-8-27-13-20(15)21-11-19-22(14-28-21)31-25(32)24(19)16(2)30-17-3-4-23(29-12-17)33-18-6-9-26-10-7-18/h3-5,8,11-14,18,26,30H,6-7,9-10H2,1-2H3,(H,31,32)/b24-16-. The molecular weight excluding hydrogens is 416 g/mol. The maximum absolute atomic E-state index is 12.8. The van der Waals surface area contributed by atoms with Gasteiger partial charge in [0.05, 0.1) is 35.0 Å². The first-order valence-electron chi connectivity index (χ1n) is 11.1. The number of amides is 1. The van der Waals surface area contributed by atoms with Crippen molar-refractivity contribution in [3.05, 3.63) is 65.9 Å². The molecule has 1 saturated heterocycles. The van der Waals surface area contributed by atoms with E-state index < -0.39 is 0 Å². The second kappa shape index (κ2) is 8.99. The number of nitrogens with one attached hydrogen (secondary N) is 3. The average molecular weight is 443 g/mol. The summed E-state index contributed by atoms with van der Waals surface area (Å²) >= 11 is 0. The van der Waals surface area contributed by atoms with Crippen molar-refractivity contribution in [2.24, 2.45) is 0 Å². The summed E-state index contributed by atoms with van der Waals surface area (Å²) in [5, 5.41) is 9.55. The summed E-state index contributed by atoms with van der Waals surface area (Å²) in [5.41, 5.74) is 6.43. The Hall–Kier alpha value is -3.78. The zero-order valence-electron chi connectivity index (χ0n) is 18.7. The Kier molecular flexibility index (Phi) is 5.75. The summed E-state index contributed by atoms with van der Waals surface area (Å²) in [6.07, 6.45) is 9.14. The van der Waals surface area contributed by atoms with E-state index in [-0.39, 0.29) is 12.0 Å². The molecule has 33 heavy (non-hydrogen) atoms. The number of nitrogens with zero attached hydrogens (tertiary/aromatic N) is 3. The SMILES string of the molecule is C/C(Nc1ccc(OC2CCNCC2)nc1)=C1/C(=O)Nc2cnc(-c3cnccc3C)cc21. The van der Waals surface area contributed by atoms with Gasteiger partial charge in [-0.3, -0.25) is 14.8 Å². The van der Waals surface area contributed by atoms with Crippen LogP contribution >= 0.6 is 0 Å². The molecule has 8 heteroatoms. The molecule has 0 atom stereocenters. The minimum absolute atomic E-state index is 0.157. The Bertz CT molecular complexity index is 1220. The fourth-order valence-electron chi connectivity index (χ4n) is 4.21. The predicted molar refractivity (Wildman–Crippen MR) is 128 cm³/mol. The number of carbonyl (C=O) groups is 1. The van der Waals surface area contributed by atoms with Gasteiger partial charge < -0.3 is 20.7 Å². The Morgan fingerprint density at radius 3 is 2.70 bits per heavy atom. The largest absolute Gasteiger partial charge is 0.474 e. The Balaban J connectivity index is 1.38. The van der Waals surface area contributed by atoms with Crippen LogP contribution in [0, 0.1) is 6.92 Å². The third kappa shape index (κ3) is 4.42. The quantitative estimate of drug-likeness (QED) is 0.517. The molecule has 1 amide bonds. The van der Waals surface area contributed by atoms with Crippen molar-refractivity contribution in [2.75, 3.05) is 23.7 Å². The molecule has 0 spiro atoms. The molecule has 0 bridgehead atoms. The Morgan fingerprint density at radius 1 is 1.09 bits per heavy atom. The molecule has 3 aromatic rings. The van der Waals surface area contributed by atoms with Gasteiger partial charge in [0.1, 0.15) is 6.10 Å². The summed E-state index contributed by atoms with van der Waals surface area (Å²) in [6, 6.07) is 7.66. The molecule has 3 N–H and O–H groups in total. The van der Waals surface area contributed by atoms with Gasteiger partial charge in [0.25, 0.3) is 5.91 Å². The number of carbonyl (C=O) groups excluding carboxylic acids is 1. The molecule has 0 aliphatic carbocycles. The number of aromatic nitrogens is 3. The summed E-state index contributed by atoms with van der Waals surface area (Å²) in [6.45, 7) is 5.85. The maximum Gasteiger partial charge on any atom is 0.258 e. The molecule has 0 unspecified atom stereocenters. The lowest BCUT2D eigenvalue weighted by Crippen LogP contribution is -2.34. The molecule has 3 aromatic heterocycles. The summed E-state index contributed by atoms with van der Waals surface area (Å²) in [4.78, 5) is 25.9. The highest BCUT2D eigenvalue weighted by atomic mass is 16.5. The number of piperidine rings is 1. The highest BCUT2D eigenvalue weighted by Crippen LogP contribution is 2.36. The molecule has 0 saturated carbocycles. The van der Waals surface area contributed by atoms with Crippen molar-refractivity contribution >= 4 is 22.9 Å². The van der Waals surface area contributed by atoms with Gasteiger partial charge in [0.2, 0.25) is 5.88 Å². The Labute approximate surface area is 192 Å². The third-order valence-electron chi connectivity index (χ3n) is 5.98. The molecule has 5 rings (SSSR count). The minimum Gasteiger partial charge on any atom is -0.474 e. The van der Waals surface area contributed by atoms with Crippen LogP contribution in [0.3, 0.4) is 0 Å². The van der Waals surface area contributed by atoms with E-state index in [0.717, 1.165) is 59.7 Å². The average Bonchev–Trinajstić information content (AvgIpc) is 3.16. The zero-order chi connectivity index (χ0) is 22.8. The molecule has 2 aliphatic heterocycles. The van der Waals surface area contributed by atoms with E-state index in [2.05, 4.69) is 30.9 Å². The number of pyridine rings is 3. The van der Waals surface area contributed by atoms with Crippen molar-refractivity contribution in [2.45, 2.75) is 32.8 Å². The van der Waals surface area contributed by atoms with Crippen LogP contribution in [0.2, 0.25) is 0 Å². The van der Waals surface area contributed by atoms with Gasteiger partial charge in [-0.25, -0.2) is 4.98 Å². The normalized spacial score (nSPS) is 17.3. The van der Waals surface area contributed by atoms with E-state index in [1.165, 1.54) is 0 Å².